The Hall–Kier alpha value is -1.35. The highest BCUT2D eigenvalue weighted by atomic mass is 16.5. The second-order valence-corrected chi connectivity index (χ2v) is 5.04. The highest BCUT2D eigenvalue weighted by molar-refractivity contribution is 5.69. The maximum absolute atomic E-state index is 11.5. The van der Waals surface area contributed by atoms with E-state index in [0.717, 1.165) is 24.8 Å². The summed E-state index contributed by atoms with van der Waals surface area (Å²) in [5, 5.41) is 9.87. The molecule has 0 heterocycles. The average molecular weight is 248 g/mol. The molecule has 0 saturated heterocycles. The normalized spacial score (nSPS) is 25.8. The van der Waals surface area contributed by atoms with Gasteiger partial charge in [-0.1, -0.05) is 37.3 Å². The van der Waals surface area contributed by atoms with Gasteiger partial charge in [-0.15, -0.1) is 0 Å². The summed E-state index contributed by atoms with van der Waals surface area (Å²) in [7, 11) is 0. The van der Waals surface area contributed by atoms with E-state index in [0.29, 0.717) is 13.0 Å². The van der Waals surface area contributed by atoms with Crippen LogP contribution in [0.2, 0.25) is 0 Å². The molecule has 2 unspecified atom stereocenters. The topological polar surface area (TPSA) is 46.5 Å². The average Bonchev–Trinajstić information content (AvgIpc) is 3.07. The van der Waals surface area contributed by atoms with Crippen molar-refractivity contribution >= 4 is 5.97 Å². The smallest absolute Gasteiger partial charge is 0.306 e. The minimum atomic E-state index is -0.500. The Morgan fingerprint density at radius 3 is 2.78 bits per heavy atom. The summed E-state index contributed by atoms with van der Waals surface area (Å²) in [6, 6.07) is 9.65. The largest absolute Gasteiger partial charge is 0.461 e. The van der Waals surface area contributed by atoms with E-state index in [4.69, 9.17) is 4.74 Å². The number of ether oxygens (including phenoxy) is 1. The van der Waals surface area contributed by atoms with Crippen molar-refractivity contribution in [3.8, 4) is 0 Å². The monoisotopic (exact) mass is 248 g/mol. The summed E-state index contributed by atoms with van der Waals surface area (Å²) in [4.78, 5) is 11.5. The lowest BCUT2D eigenvalue weighted by Gasteiger charge is -2.07. The third-order valence-electron chi connectivity index (χ3n) is 3.75. The molecule has 1 aromatic rings. The predicted molar refractivity (Wildman–Crippen MR) is 68.8 cm³/mol. The molecular formula is C15H20O3. The van der Waals surface area contributed by atoms with E-state index in [1.165, 1.54) is 0 Å². The Morgan fingerprint density at radius 2 is 2.17 bits per heavy atom. The third kappa shape index (κ3) is 3.33. The molecule has 0 spiro atoms. The third-order valence-corrected chi connectivity index (χ3v) is 3.75. The highest BCUT2D eigenvalue weighted by Crippen LogP contribution is 2.48. The van der Waals surface area contributed by atoms with Crippen LogP contribution in [-0.2, 0) is 16.1 Å². The van der Waals surface area contributed by atoms with Gasteiger partial charge in [-0.2, -0.15) is 0 Å². The zero-order valence-electron chi connectivity index (χ0n) is 10.8. The number of aliphatic hydroxyl groups is 1. The van der Waals surface area contributed by atoms with E-state index >= 15 is 0 Å². The second kappa shape index (κ2) is 5.53. The quantitative estimate of drug-likeness (QED) is 0.787. The van der Waals surface area contributed by atoms with Gasteiger partial charge in [-0.05, 0) is 30.7 Å². The molecule has 1 aliphatic carbocycles. The fourth-order valence-electron chi connectivity index (χ4n) is 2.27. The number of hydrogen-bond acceptors (Lipinski definition) is 3. The van der Waals surface area contributed by atoms with Crippen LogP contribution in [0.25, 0.3) is 0 Å². The Labute approximate surface area is 108 Å². The van der Waals surface area contributed by atoms with Gasteiger partial charge in [0, 0.05) is 6.42 Å². The van der Waals surface area contributed by atoms with Crippen molar-refractivity contribution in [2.24, 2.45) is 5.92 Å². The van der Waals surface area contributed by atoms with Gasteiger partial charge in [0.1, 0.15) is 6.61 Å². The summed E-state index contributed by atoms with van der Waals surface area (Å²) in [5.41, 5.74) is 0.502. The molecule has 2 atom stereocenters. The molecule has 98 valence electrons. The summed E-state index contributed by atoms with van der Waals surface area (Å²) >= 11 is 0. The van der Waals surface area contributed by atoms with Crippen LogP contribution in [-0.4, -0.2) is 16.7 Å². The molecule has 0 aliphatic heterocycles. The predicted octanol–water partition coefficient (Wildman–Crippen LogP) is 2.67. The molecule has 1 saturated carbocycles. The molecule has 0 aromatic heterocycles. The van der Waals surface area contributed by atoms with Crippen molar-refractivity contribution in [2.45, 2.75) is 44.8 Å². The first-order valence-electron chi connectivity index (χ1n) is 6.56. The van der Waals surface area contributed by atoms with Crippen LogP contribution in [0.4, 0.5) is 0 Å². The fourth-order valence-corrected chi connectivity index (χ4v) is 2.27. The number of esters is 1. The van der Waals surface area contributed by atoms with Crippen molar-refractivity contribution < 1.29 is 14.6 Å². The van der Waals surface area contributed by atoms with Crippen LogP contribution < -0.4 is 0 Å². The van der Waals surface area contributed by atoms with Crippen LogP contribution in [0.15, 0.2) is 30.3 Å². The maximum Gasteiger partial charge on any atom is 0.306 e. The molecule has 3 nitrogen and oxygen atoms in total. The van der Waals surface area contributed by atoms with Gasteiger partial charge in [0.15, 0.2) is 0 Å². The molecule has 1 fully saturated rings. The van der Waals surface area contributed by atoms with E-state index in [1.54, 1.807) is 0 Å². The van der Waals surface area contributed by atoms with Gasteiger partial charge >= 0.3 is 5.97 Å². The summed E-state index contributed by atoms with van der Waals surface area (Å²) in [6.45, 7) is 2.32. The van der Waals surface area contributed by atoms with Gasteiger partial charge in [-0.25, -0.2) is 0 Å². The van der Waals surface area contributed by atoms with Gasteiger partial charge in [0.05, 0.1) is 5.60 Å². The Kier molecular flexibility index (Phi) is 4.02. The number of hydrogen-bond donors (Lipinski definition) is 1. The first-order valence-corrected chi connectivity index (χ1v) is 6.56. The molecule has 0 radical (unpaired) electrons. The van der Waals surface area contributed by atoms with Crippen LogP contribution >= 0.6 is 0 Å². The molecule has 1 aliphatic rings. The molecular weight excluding hydrogens is 228 g/mol. The lowest BCUT2D eigenvalue weighted by Crippen LogP contribution is -2.10. The summed E-state index contributed by atoms with van der Waals surface area (Å²) < 4.78 is 5.19. The number of carbonyl (C=O) groups excluding carboxylic acids is 1. The van der Waals surface area contributed by atoms with Crippen LogP contribution in [0.3, 0.4) is 0 Å². The van der Waals surface area contributed by atoms with E-state index in [-0.39, 0.29) is 11.9 Å². The molecule has 2 rings (SSSR count). The van der Waals surface area contributed by atoms with Gasteiger partial charge in [0.25, 0.3) is 0 Å². The van der Waals surface area contributed by atoms with E-state index < -0.39 is 5.60 Å². The SMILES string of the molecule is CCC1(O)CC1CCC(=O)OCc1ccccc1. The van der Waals surface area contributed by atoms with Crippen molar-refractivity contribution in [3.05, 3.63) is 35.9 Å². The van der Waals surface area contributed by atoms with Gasteiger partial charge < -0.3 is 9.84 Å². The van der Waals surface area contributed by atoms with Crippen LogP contribution in [0.1, 0.15) is 38.2 Å². The maximum atomic E-state index is 11.5. The minimum Gasteiger partial charge on any atom is -0.461 e. The Balaban J connectivity index is 1.65. The van der Waals surface area contributed by atoms with E-state index in [9.17, 15) is 9.90 Å². The van der Waals surface area contributed by atoms with E-state index in [1.807, 2.05) is 37.3 Å². The number of carbonyl (C=O) groups is 1. The van der Waals surface area contributed by atoms with Crippen LogP contribution in [0, 0.1) is 5.92 Å². The summed E-state index contributed by atoms with van der Waals surface area (Å²) in [5.74, 6) is 0.107. The summed E-state index contributed by atoms with van der Waals surface area (Å²) in [6.07, 6.45) is 2.74. The number of rotatable bonds is 6. The zero-order chi connectivity index (χ0) is 13.0. The first kappa shape index (κ1) is 13.1. The van der Waals surface area contributed by atoms with Crippen molar-refractivity contribution in [1.82, 2.24) is 0 Å². The van der Waals surface area contributed by atoms with Crippen molar-refractivity contribution in [2.75, 3.05) is 0 Å². The molecule has 0 bridgehead atoms. The Morgan fingerprint density at radius 1 is 1.44 bits per heavy atom. The fraction of sp³-hybridized carbons (Fsp3) is 0.533. The lowest BCUT2D eigenvalue weighted by molar-refractivity contribution is -0.145. The molecule has 3 heteroatoms. The minimum absolute atomic E-state index is 0.177. The Bertz CT molecular complexity index is 401. The van der Waals surface area contributed by atoms with Crippen LogP contribution in [0.5, 0.6) is 0 Å². The first-order chi connectivity index (χ1) is 8.64. The molecule has 18 heavy (non-hydrogen) atoms. The zero-order valence-corrected chi connectivity index (χ0v) is 10.8. The molecule has 0 amide bonds. The molecule has 1 aromatic carbocycles. The van der Waals surface area contributed by atoms with Crippen molar-refractivity contribution in [3.63, 3.8) is 0 Å². The van der Waals surface area contributed by atoms with Crippen molar-refractivity contribution in [1.29, 1.82) is 0 Å². The molecule has 1 N–H and O–H groups in total. The van der Waals surface area contributed by atoms with Gasteiger partial charge in [-0.3, -0.25) is 4.79 Å². The number of benzene rings is 1. The second-order valence-electron chi connectivity index (χ2n) is 5.04. The van der Waals surface area contributed by atoms with E-state index in [2.05, 4.69) is 0 Å². The highest BCUT2D eigenvalue weighted by Gasteiger charge is 2.50. The standard InChI is InChI=1S/C15H20O3/c1-2-15(17)10-13(15)8-9-14(16)18-11-12-6-4-3-5-7-12/h3-7,13,17H,2,8-11H2,1H3. The van der Waals surface area contributed by atoms with Gasteiger partial charge in [0.2, 0.25) is 0 Å². The lowest BCUT2D eigenvalue weighted by atomic mass is 10.1.